The molecule has 3 fully saturated rings. The molecule has 0 spiro atoms. The number of rotatable bonds is 1. The quantitative estimate of drug-likeness (QED) is 0.448. The molecule has 3 heteroatoms. The van der Waals surface area contributed by atoms with Gasteiger partial charge >= 0.3 is 5.97 Å². The van der Waals surface area contributed by atoms with E-state index < -0.39 is 11.4 Å². The number of aliphatic hydroxyl groups excluding tert-OH is 1. The van der Waals surface area contributed by atoms with Crippen LogP contribution in [0.25, 0.3) is 0 Å². The Morgan fingerprint density at radius 1 is 0.939 bits per heavy atom. The Labute approximate surface area is 201 Å². The first-order chi connectivity index (χ1) is 15.3. The van der Waals surface area contributed by atoms with Gasteiger partial charge < -0.3 is 10.2 Å². The van der Waals surface area contributed by atoms with Gasteiger partial charge in [0, 0.05) is 0 Å². The van der Waals surface area contributed by atoms with E-state index in [0.29, 0.717) is 23.7 Å². The second-order valence-electron chi connectivity index (χ2n) is 14.1. The van der Waals surface area contributed by atoms with Gasteiger partial charge in [-0.05, 0) is 108 Å². The minimum absolute atomic E-state index is 0.0141. The summed E-state index contributed by atoms with van der Waals surface area (Å²) in [6, 6.07) is 0. The van der Waals surface area contributed by atoms with Crippen LogP contribution < -0.4 is 0 Å². The summed E-state index contributed by atoms with van der Waals surface area (Å²) in [7, 11) is 0. The average Bonchev–Trinajstić information content (AvgIpc) is 2.74. The molecule has 0 amide bonds. The molecule has 5 aliphatic rings. The molecule has 0 aliphatic heterocycles. The van der Waals surface area contributed by atoms with Crippen LogP contribution in [0.15, 0.2) is 23.3 Å². The monoisotopic (exact) mass is 454 g/mol. The fourth-order valence-electron chi connectivity index (χ4n) is 10.2. The van der Waals surface area contributed by atoms with E-state index in [1.165, 1.54) is 11.1 Å². The van der Waals surface area contributed by atoms with Gasteiger partial charge in [-0.3, -0.25) is 4.79 Å². The molecule has 0 aromatic rings. The van der Waals surface area contributed by atoms with Crippen molar-refractivity contribution in [3.8, 4) is 0 Å². The molecule has 0 aromatic heterocycles. The summed E-state index contributed by atoms with van der Waals surface area (Å²) in [5.41, 5.74) is 2.25. The maximum Gasteiger partial charge on any atom is 0.313 e. The molecule has 2 unspecified atom stereocenters. The third-order valence-electron chi connectivity index (χ3n) is 12.8. The molecule has 0 saturated heterocycles. The number of aliphatic hydroxyl groups is 1. The van der Waals surface area contributed by atoms with E-state index in [9.17, 15) is 15.0 Å². The predicted octanol–water partition coefficient (Wildman–Crippen LogP) is 7.01. The summed E-state index contributed by atoms with van der Waals surface area (Å²) in [5.74, 6) is 1.26. The molecular weight excluding hydrogens is 408 g/mol. The summed E-state index contributed by atoms with van der Waals surface area (Å²) in [6.45, 7) is 16.7. The Balaban J connectivity index is 1.69. The molecule has 3 saturated carbocycles. The molecule has 3 nitrogen and oxygen atoms in total. The van der Waals surface area contributed by atoms with Crippen molar-refractivity contribution in [2.75, 3.05) is 0 Å². The normalized spacial score (nSPS) is 52.9. The SMILES string of the molecule is C[C@@H]1C2=C3C=CC4[C@@]5(C)CC[C@H](O)C(C)(C)C5CC[C@@]4(C)[C@@]3(C)CC[C@@]2(C(=O)O)CC[C@@H]1C. The van der Waals surface area contributed by atoms with Gasteiger partial charge in [0.25, 0.3) is 0 Å². The highest BCUT2D eigenvalue weighted by Crippen LogP contribution is 2.74. The third kappa shape index (κ3) is 2.69. The standard InChI is InChI=1S/C30H46O3/c1-18-10-15-30(25(32)33)17-16-28(6)20(24(30)19(18)2)8-9-22-27(5)13-12-23(31)26(3,4)21(27)11-14-29(22,28)7/h8-9,18-19,21-23,31H,10-17H2,1-7H3,(H,32,33)/t18-,19-,21?,22?,23-,27-,28-,29+,30-/m0/s1. The van der Waals surface area contributed by atoms with Gasteiger partial charge in [0.2, 0.25) is 0 Å². The largest absolute Gasteiger partial charge is 0.481 e. The fraction of sp³-hybridized carbons (Fsp3) is 0.833. The van der Waals surface area contributed by atoms with Crippen molar-refractivity contribution < 1.29 is 15.0 Å². The summed E-state index contributed by atoms with van der Waals surface area (Å²) in [6.07, 6.45) is 12.6. The van der Waals surface area contributed by atoms with Gasteiger partial charge in [0.1, 0.15) is 0 Å². The second kappa shape index (κ2) is 6.99. The molecule has 2 N–H and O–H groups in total. The van der Waals surface area contributed by atoms with Crippen LogP contribution in [0, 0.1) is 50.7 Å². The van der Waals surface area contributed by atoms with Crippen molar-refractivity contribution in [2.45, 2.75) is 106 Å². The van der Waals surface area contributed by atoms with E-state index in [0.717, 1.165) is 51.4 Å². The molecule has 5 rings (SSSR count). The molecule has 0 radical (unpaired) electrons. The van der Waals surface area contributed by atoms with Crippen LogP contribution in [0.1, 0.15) is 99.8 Å². The van der Waals surface area contributed by atoms with Gasteiger partial charge in [0.15, 0.2) is 0 Å². The minimum atomic E-state index is -0.660. The fourth-order valence-corrected chi connectivity index (χ4v) is 10.2. The van der Waals surface area contributed by atoms with Crippen molar-refractivity contribution in [3.63, 3.8) is 0 Å². The average molecular weight is 455 g/mol. The van der Waals surface area contributed by atoms with E-state index in [1.807, 2.05) is 0 Å². The van der Waals surface area contributed by atoms with Crippen LogP contribution in [0.4, 0.5) is 0 Å². The maximum absolute atomic E-state index is 12.8. The van der Waals surface area contributed by atoms with Crippen molar-refractivity contribution in [3.05, 3.63) is 23.3 Å². The Kier molecular flexibility index (Phi) is 5.01. The number of allylic oxidation sites excluding steroid dienone is 3. The van der Waals surface area contributed by atoms with Gasteiger partial charge in [-0.1, -0.05) is 60.6 Å². The zero-order valence-corrected chi connectivity index (χ0v) is 22.0. The van der Waals surface area contributed by atoms with Crippen molar-refractivity contribution in [1.29, 1.82) is 0 Å². The van der Waals surface area contributed by atoms with Crippen LogP contribution in [0.2, 0.25) is 0 Å². The van der Waals surface area contributed by atoms with Gasteiger partial charge in [-0.25, -0.2) is 0 Å². The highest BCUT2D eigenvalue weighted by atomic mass is 16.4. The minimum Gasteiger partial charge on any atom is -0.481 e. The zero-order chi connectivity index (χ0) is 24.2. The predicted molar refractivity (Wildman–Crippen MR) is 133 cm³/mol. The Bertz CT molecular complexity index is 929. The van der Waals surface area contributed by atoms with Crippen LogP contribution in [-0.4, -0.2) is 22.3 Å². The first kappa shape index (κ1) is 23.6. The van der Waals surface area contributed by atoms with Crippen LogP contribution in [0.5, 0.6) is 0 Å². The lowest BCUT2D eigenvalue weighted by Gasteiger charge is -2.69. The van der Waals surface area contributed by atoms with Gasteiger partial charge in [-0.15, -0.1) is 0 Å². The van der Waals surface area contributed by atoms with E-state index in [-0.39, 0.29) is 27.8 Å². The molecule has 33 heavy (non-hydrogen) atoms. The number of hydrogen-bond acceptors (Lipinski definition) is 2. The van der Waals surface area contributed by atoms with Crippen LogP contribution in [0.3, 0.4) is 0 Å². The first-order valence-electron chi connectivity index (χ1n) is 13.6. The zero-order valence-electron chi connectivity index (χ0n) is 22.0. The number of aliphatic carboxylic acids is 1. The smallest absolute Gasteiger partial charge is 0.313 e. The molecule has 5 aliphatic carbocycles. The summed E-state index contributed by atoms with van der Waals surface area (Å²) < 4.78 is 0. The van der Waals surface area contributed by atoms with Crippen molar-refractivity contribution in [2.24, 2.45) is 50.7 Å². The third-order valence-corrected chi connectivity index (χ3v) is 12.8. The molecule has 0 bridgehead atoms. The highest BCUT2D eigenvalue weighted by molar-refractivity contribution is 5.80. The van der Waals surface area contributed by atoms with E-state index in [2.05, 4.69) is 60.6 Å². The van der Waals surface area contributed by atoms with Crippen molar-refractivity contribution in [1.82, 2.24) is 0 Å². The molecule has 0 heterocycles. The molecule has 184 valence electrons. The number of carboxylic acids is 1. The second-order valence-corrected chi connectivity index (χ2v) is 14.1. The molecule has 9 atom stereocenters. The van der Waals surface area contributed by atoms with E-state index >= 15 is 0 Å². The number of carboxylic acid groups (broad SMARTS) is 1. The topological polar surface area (TPSA) is 57.5 Å². The maximum atomic E-state index is 12.8. The van der Waals surface area contributed by atoms with Crippen molar-refractivity contribution >= 4 is 5.97 Å². The lowest BCUT2D eigenvalue weighted by molar-refractivity contribution is -0.183. The highest BCUT2D eigenvalue weighted by Gasteiger charge is 2.67. The Morgan fingerprint density at radius 2 is 1.64 bits per heavy atom. The van der Waals surface area contributed by atoms with E-state index in [4.69, 9.17) is 0 Å². The number of carbonyl (C=O) groups is 1. The summed E-state index contributed by atoms with van der Waals surface area (Å²) in [5, 5.41) is 21.4. The van der Waals surface area contributed by atoms with E-state index in [1.54, 1.807) is 0 Å². The van der Waals surface area contributed by atoms with Crippen LogP contribution in [-0.2, 0) is 4.79 Å². The first-order valence-corrected chi connectivity index (χ1v) is 13.6. The summed E-state index contributed by atoms with van der Waals surface area (Å²) in [4.78, 5) is 12.8. The lowest BCUT2D eigenvalue weighted by atomic mass is 9.35. The summed E-state index contributed by atoms with van der Waals surface area (Å²) >= 11 is 0. The number of hydrogen-bond donors (Lipinski definition) is 2. The molecule has 0 aromatic carbocycles. The number of fused-ring (bicyclic) bond motifs is 6. The van der Waals surface area contributed by atoms with Gasteiger partial charge in [0.05, 0.1) is 11.5 Å². The Hall–Kier alpha value is -1.09. The van der Waals surface area contributed by atoms with Gasteiger partial charge in [-0.2, -0.15) is 0 Å². The molecular formula is C30H46O3. The van der Waals surface area contributed by atoms with Crippen LogP contribution >= 0.6 is 0 Å². The lowest BCUT2D eigenvalue weighted by Crippen LogP contribution is -2.63. The Morgan fingerprint density at radius 3 is 2.30 bits per heavy atom.